The van der Waals surface area contributed by atoms with Gasteiger partial charge in [-0.3, -0.25) is 10.1 Å². The molecular weight excluding hydrogens is 438 g/mol. The SMILES string of the molecule is CC(CO)(NC(=O)c1ncccc1NC(=O)OCC1c2ccccc2-c2ccccc21)C(=O)O. The molecule has 3 aromatic rings. The molecule has 4 N–H and O–H groups in total. The van der Waals surface area contributed by atoms with Crippen LogP contribution in [0.15, 0.2) is 66.9 Å². The van der Waals surface area contributed by atoms with E-state index in [1.165, 1.54) is 18.3 Å². The lowest BCUT2D eigenvalue weighted by molar-refractivity contribution is -0.145. The zero-order valence-electron chi connectivity index (χ0n) is 18.3. The first-order valence-electron chi connectivity index (χ1n) is 10.6. The highest BCUT2D eigenvalue weighted by atomic mass is 16.5. The van der Waals surface area contributed by atoms with Gasteiger partial charge in [-0.25, -0.2) is 14.6 Å². The smallest absolute Gasteiger partial charge is 0.411 e. The standard InChI is InChI=1S/C25H23N3O6/c1-25(14-29,23(31)32)28-22(30)21-20(11-6-12-26-21)27-24(33)34-13-19-17-9-4-2-7-15(17)16-8-3-5-10-18(16)19/h2-12,19,29H,13-14H2,1H3,(H,27,33)(H,28,30)(H,31,32). The summed E-state index contributed by atoms with van der Waals surface area (Å²) in [5, 5.41) is 23.4. The van der Waals surface area contributed by atoms with Crippen molar-refractivity contribution in [3.63, 3.8) is 0 Å². The Labute approximate surface area is 195 Å². The lowest BCUT2D eigenvalue weighted by Gasteiger charge is -2.23. The van der Waals surface area contributed by atoms with Crippen LogP contribution in [0, 0.1) is 0 Å². The normalized spacial score (nSPS) is 13.8. The Bertz CT molecular complexity index is 1220. The average Bonchev–Trinajstić information content (AvgIpc) is 3.16. The van der Waals surface area contributed by atoms with E-state index in [2.05, 4.69) is 15.6 Å². The topological polar surface area (TPSA) is 138 Å². The summed E-state index contributed by atoms with van der Waals surface area (Å²) >= 11 is 0. The van der Waals surface area contributed by atoms with Crippen molar-refractivity contribution >= 4 is 23.7 Å². The Morgan fingerprint density at radius 1 is 1.00 bits per heavy atom. The molecule has 0 spiro atoms. The van der Waals surface area contributed by atoms with Crippen molar-refractivity contribution in [1.82, 2.24) is 10.3 Å². The number of benzene rings is 2. The first kappa shape index (κ1) is 22.9. The van der Waals surface area contributed by atoms with Gasteiger partial charge in [0.2, 0.25) is 0 Å². The number of hydrogen-bond acceptors (Lipinski definition) is 6. The Morgan fingerprint density at radius 3 is 2.21 bits per heavy atom. The summed E-state index contributed by atoms with van der Waals surface area (Å²) in [6.07, 6.45) is 0.543. The van der Waals surface area contributed by atoms with Crippen molar-refractivity contribution in [2.75, 3.05) is 18.5 Å². The molecule has 4 rings (SSSR count). The van der Waals surface area contributed by atoms with Gasteiger partial charge in [-0.15, -0.1) is 0 Å². The molecular formula is C25H23N3O6. The van der Waals surface area contributed by atoms with Crippen LogP contribution in [-0.4, -0.2) is 51.9 Å². The maximum absolute atomic E-state index is 12.6. The molecule has 9 nitrogen and oxygen atoms in total. The van der Waals surface area contributed by atoms with E-state index in [0.717, 1.165) is 29.2 Å². The molecule has 9 heteroatoms. The summed E-state index contributed by atoms with van der Waals surface area (Å²) in [6.45, 7) is 0.425. The van der Waals surface area contributed by atoms with Crippen molar-refractivity contribution in [2.45, 2.75) is 18.4 Å². The number of nitrogens with one attached hydrogen (secondary N) is 2. The van der Waals surface area contributed by atoms with Gasteiger partial charge in [0.25, 0.3) is 5.91 Å². The molecule has 0 saturated heterocycles. The molecule has 0 bridgehead atoms. The van der Waals surface area contributed by atoms with E-state index in [1.807, 2.05) is 48.5 Å². The van der Waals surface area contributed by atoms with E-state index in [-0.39, 0.29) is 23.9 Å². The fourth-order valence-corrected chi connectivity index (χ4v) is 3.90. The summed E-state index contributed by atoms with van der Waals surface area (Å²) in [5.41, 5.74) is 2.26. The predicted molar refractivity (Wildman–Crippen MR) is 124 cm³/mol. The van der Waals surface area contributed by atoms with Gasteiger partial charge < -0.3 is 20.3 Å². The zero-order valence-corrected chi connectivity index (χ0v) is 18.3. The van der Waals surface area contributed by atoms with Crippen molar-refractivity contribution < 1.29 is 29.3 Å². The summed E-state index contributed by atoms with van der Waals surface area (Å²) < 4.78 is 5.50. The van der Waals surface area contributed by atoms with E-state index in [9.17, 15) is 24.6 Å². The highest BCUT2D eigenvalue weighted by Gasteiger charge is 2.35. The van der Waals surface area contributed by atoms with E-state index >= 15 is 0 Å². The molecule has 0 radical (unpaired) electrons. The van der Waals surface area contributed by atoms with E-state index in [0.29, 0.717) is 0 Å². The summed E-state index contributed by atoms with van der Waals surface area (Å²) in [7, 11) is 0. The largest absolute Gasteiger partial charge is 0.479 e. The third-order valence-corrected chi connectivity index (χ3v) is 5.78. The van der Waals surface area contributed by atoms with Crippen LogP contribution in [0.3, 0.4) is 0 Å². The number of amides is 2. The number of carboxylic acid groups (broad SMARTS) is 1. The van der Waals surface area contributed by atoms with Crippen LogP contribution in [0.5, 0.6) is 0 Å². The van der Waals surface area contributed by atoms with E-state index in [4.69, 9.17) is 4.74 Å². The lowest BCUT2D eigenvalue weighted by Crippen LogP contribution is -2.55. The molecule has 174 valence electrons. The van der Waals surface area contributed by atoms with Crippen molar-refractivity contribution in [1.29, 1.82) is 0 Å². The minimum atomic E-state index is -1.91. The van der Waals surface area contributed by atoms with E-state index in [1.54, 1.807) is 0 Å². The fraction of sp³-hybridized carbons (Fsp3) is 0.200. The quantitative estimate of drug-likeness (QED) is 0.424. The monoisotopic (exact) mass is 461 g/mol. The number of carboxylic acids is 1. The molecule has 2 aromatic carbocycles. The predicted octanol–water partition coefficient (Wildman–Crippen LogP) is 3.01. The minimum Gasteiger partial charge on any atom is -0.479 e. The molecule has 1 heterocycles. The first-order chi connectivity index (χ1) is 16.3. The van der Waals surface area contributed by atoms with Crippen LogP contribution in [0.2, 0.25) is 0 Å². The van der Waals surface area contributed by atoms with Crippen LogP contribution in [0.25, 0.3) is 11.1 Å². The molecule has 34 heavy (non-hydrogen) atoms. The van der Waals surface area contributed by atoms with Gasteiger partial charge >= 0.3 is 12.1 Å². The number of aliphatic hydroxyl groups excluding tert-OH is 1. The zero-order chi connectivity index (χ0) is 24.3. The molecule has 0 saturated carbocycles. The third-order valence-electron chi connectivity index (χ3n) is 5.78. The first-order valence-corrected chi connectivity index (χ1v) is 10.6. The van der Waals surface area contributed by atoms with Crippen LogP contribution in [0.4, 0.5) is 10.5 Å². The van der Waals surface area contributed by atoms with Crippen LogP contribution < -0.4 is 10.6 Å². The average molecular weight is 461 g/mol. The fourth-order valence-electron chi connectivity index (χ4n) is 3.90. The number of hydrogen-bond donors (Lipinski definition) is 4. The Hall–Kier alpha value is -4.24. The summed E-state index contributed by atoms with van der Waals surface area (Å²) in [6, 6.07) is 18.8. The number of fused-ring (bicyclic) bond motifs is 3. The van der Waals surface area contributed by atoms with Crippen LogP contribution >= 0.6 is 0 Å². The Balaban J connectivity index is 1.47. The van der Waals surface area contributed by atoms with Gasteiger partial charge in [-0.2, -0.15) is 0 Å². The minimum absolute atomic E-state index is 0.0444. The second-order valence-electron chi connectivity index (χ2n) is 8.10. The van der Waals surface area contributed by atoms with Gasteiger partial charge in [-0.05, 0) is 41.3 Å². The number of aliphatic hydroxyl groups is 1. The molecule has 1 unspecified atom stereocenters. The van der Waals surface area contributed by atoms with E-state index < -0.39 is 30.1 Å². The number of nitrogens with zero attached hydrogens (tertiary/aromatic N) is 1. The number of aliphatic carboxylic acids is 1. The van der Waals surface area contributed by atoms with Crippen LogP contribution in [0.1, 0.15) is 34.5 Å². The molecule has 1 atom stereocenters. The molecule has 1 aromatic heterocycles. The van der Waals surface area contributed by atoms with Gasteiger partial charge in [0.1, 0.15) is 6.61 Å². The van der Waals surface area contributed by atoms with Gasteiger partial charge in [0.15, 0.2) is 11.2 Å². The molecule has 2 amide bonds. The molecule has 0 fully saturated rings. The highest BCUT2D eigenvalue weighted by Crippen LogP contribution is 2.44. The van der Waals surface area contributed by atoms with Crippen molar-refractivity contribution in [2.24, 2.45) is 0 Å². The second-order valence-corrected chi connectivity index (χ2v) is 8.10. The van der Waals surface area contributed by atoms with Crippen LogP contribution in [-0.2, 0) is 9.53 Å². The molecule has 1 aliphatic carbocycles. The Morgan fingerprint density at radius 2 is 1.62 bits per heavy atom. The highest BCUT2D eigenvalue weighted by molar-refractivity contribution is 6.02. The number of carbonyl (C=O) groups excluding carboxylic acids is 2. The number of carbonyl (C=O) groups is 3. The van der Waals surface area contributed by atoms with Crippen molar-refractivity contribution in [3.8, 4) is 11.1 Å². The number of pyridine rings is 1. The number of anilines is 1. The number of rotatable bonds is 7. The number of aromatic nitrogens is 1. The summed E-state index contributed by atoms with van der Waals surface area (Å²) in [5.74, 6) is -2.41. The lowest BCUT2D eigenvalue weighted by atomic mass is 9.98. The second kappa shape index (κ2) is 9.32. The van der Waals surface area contributed by atoms with Gasteiger partial charge in [0.05, 0.1) is 12.3 Å². The van der Waals surface area contributed by atoms with Gasteiger partial charge in [0, 0.05) is 12.1 Å². The third kappa shape index (κ3) is 4.33. The summed E-state index contributed by atoms with van der Waals surface area (Å²) in [4.78, 5) is 40.6. The van der Waals surface area contributed by atoms with Gasteiger partial charge in [-0.1, -0.05) is 48.5 Å². The Kier molecular flexibility index (Phi) is 6.29. The maximum Gasteiger partial charge on any atom is 0.411 e. The molecule has 1 aliphatic rings. The van der Waals surface area contributed by atoms with Crippen molar-refractivity contribution in [3.05, 3.63) is 83.7 Å². The molecule has 0 aliphatic heterocycles. The maximum atomic E-state index is 12.6. The number of ether oxygens (including phenoxy) is 1.